The molecule has 0 heterocycles. The number of hydrogen-bond acceptors (Lipinski definition) is 1. The summed E-state index contributed by atoms with van der Waals surface area (Å²) in [6, 6.07) is 15.8. The zero-order valence-electron chi connectivity index (χ0n) is 13.2. The molecule has 2 heteroatoms. The topological polar surface area (TPSA) is 29.1 Å². The molecule has 1 N–H and O–H groups in total. The smallest absolute Gasteiger partial charge is 0.255 e. The van der Waals surface area contributed by atoms with Gasteiger partial charge in [-0.3, -0.25) is 4.79 Å². The highest BCUT2D eigenvalue weighted by Gasteiger charge is 2.18. The van der Waals surface area contributed by atoms with Crippen molar-refractivity contribution in [3.05, 3.63) is 65.2 Å². The lowest BCUT2D eigenvalue weighted by Crippen LogP contribution is -2.17. The third-order valence-electron chi connectivity index (χ3n) is 4.18. The first kappa shape index (κ1) is 15.3. The van der Waals surface area contributed by atoms with Gasteiger partial charge in [0.05, 0.1) is 0 Å². The average molecular weight is 281 g/mol. The van der Waals surface area contributed by atoms with E-state index in [2.05, 4.69) is 38.2 Å². The zero-order valence-corrected chi connectivity index (χ0v) is 13.2. The first-order chi connectivity index (χ1) is 9.94. The lowest BCUT2D eigenvalue weighted by Gasteiger charge is -2.24. The number of nitrogens with one attached hydrogen (secondary N) is 1. The maximum Gasteiger partial charge on any atom is 0.255 e. The summed E-state index contributed by atoms with van der Waals surface area (Å²) >= 11 is 0. The van der Waals surface area contributed by atoms with Crippen molar-refractivity contribution in [1.29, 1.82) is 0 Å². The number of amides is 1. The van der Waals surface area contributed by atoms with E-state index in [0.29, 0.717) is 0 Å². The first-order valence-electron chi connectivity index (χ1n) is 7.41. The maximum atomic E-state index is 12.4. The van der Waals surface area contributed by atoms with Crippen molar-refractivity contribution >= 4 is 11.6 Å². The summed E-state index contributed by atoms with van der Waals surface area (Å²) in [6.45, 7) is 8.56. The lowest BCUT2D eigenvalue weighted by atomic mass is 9.82. The van der Waals surface area contributed by atoms with Gasteiger partial charge >= 0.3 is 0 Å². The van der Waals surface area contributed by atoms with Gasteiger partial charge in [0, 0.05) is 11.3 Å². The second-order valence-corrected chi connectivity index (χ2v) is 6.09. The fraction of sp³-hybridized carbons (Fsp3) is 0.316. The SMILES string of the molecule is CCC(C)(C)c1cccc(NC(=O)c2ccccc2C)c1. The van der Waals surface area contributed by atoms with Crippen LogP contribution in [0.15, 0.2) is 48.5 Å². The molecule has 2 aromatic carbocycles. The Morgan fingerprint density at radius 1 is 1.10 bits per heavy atom. The van der Waals surface area contributed by atoms with E-state index in [1.165, 1.54) is 5.56 Å². The van der Waals surface area contributed by atoms with Crippen LogP contribution >= 0.6 is 0 Å². The summed E-state index contributed by atoms with van der Waals surface area (Å²) in [6.07, 6.45) is 1.06. The standard InChI is InChI=1S/C19H23NO/c1-5-19(3,4)15-10-8-11-16(13-15)20-18(21)17-12-7-6-9-14(17)2/h6-13H,5H2,1-4H3,(H,20,21). The van der Waals surface area contributed by atoms with Crippen LogP contribution in [0.2, 0.25) is 0 Å². The summed E-state index contributed by atoms with van der Waals surface area (Å²) < 4.78 is 0. The monoisotopic (exact) mass is 281 g/mol. The Labute approximate surface area is 127 Å². The number of hydrogen-bond donors (Lipinski definition) is 1. The normalized spacial score (nSPS) is 11.2. The number of carbonyl (C=O) groups is 1. The molecule has 110 valence electrons. The Morgan fingerprint density at radius 2 is 1.81 bits per heavy atom. The van der Waals surface area contributed by atoms with E-state index in [-0.39, 0.29) is 11.3 Å². The van der Waals surface area contributed by atoms with Crippen molar-refractivity contribution in [2.75, 3.05) is 5.32 Å². The largest absolute Gasteiger partial charge is 0.322 e. The molecular weight excluding hydrogens is 258 g/mol. The number of rotatable bonds is 4. The van der Waals surface area contributed by atoms with Crippen LogP contribution in [-0.2, 0) is 5.41 Å². The van der Waals surface area contributed by atoms with Gasteiger partial charge in [0.2, 0.25) is 0 Å². The van der Waals surface area contributed by atoms with Crippen molar-refractivity contribution < 1.29 is 4.79 Å². The van der Waals surface area contributed by atoms with Crippen molar-refractivity contribution in [3.8, 4) is 0 Å². The van der Waals surface area contributed by atoms with Crippen LogP contribution in [-0.4, -0.2) is 5.91 Å². The zero-order chi connectivity index (χ0) is 15.5. The van der Waals surface area contributed by atoms with Crippen molar-refractivity contribution in [1.82, 2.24) is 0 Å². The third kappa shape index (κ3) is 3.52. The summed E-state index contributed by atoms with van der Waals surface area (Å²) in [4.78, 5) is 12.4. The van der Waals surface area contributed by atoms with Gasteiger partial charge in [0.1, 0.15) is 0 Å². The van der Waals surface area contributed by atoms with E-state index in [1.807, 2.05) is 43.3 Å². The van der Waals surface area contributed by atoms with Crippen molar-refractivity contribution in [2.45, 2.75) is 39.5 Å². The molecule has 0 aromatic heterocycles. The van der Waals surface area contributed by atoms with E-state index in [1.54, 1.807) is 0 Å². The van der Waals surface area contributed by atoms with Gasteiger partial charge in [-0.05, 0) is 48.1 Å². The first-order valence-corrected chi connectivity index (χ1v) is 7.41. The van der Waals surface area contributed by atoms with Crippen LogP contribution in [0.25, 0.3) is 0 Å². The highest BCUT2D eigenvalue weighted by molar-refractivity contribution is 6.05. The van der Waals surface area contributed by atoms with Crippen molar-refractivity contribution in [2.24, 2.45) is 0 Å². The molecule has 0 spiro atoms. The predicted molar refractivity (Wildman–Crippen MR) is 88.9 cm³/mol. The van der Waals surface area contributed by atoms with Crippen LogP contribution in [0.5, 0.6) is 0 Å². The van der Waals surface area contributed by atoms with Gasteiger partial charge in [0.15, 0.2) is 0 Å². The maximum absolute atomic E-state index is 12.4. The molecule has 0 unspecified atom stereocenters. The number of aryl methyl sites for hydroxylation is 1. The molecule has 21 heavy (non-hydrogen) atoms. The van der Waals surface area contributed by atoms with Crippen molar-refractivity contribution in [3.63, 3.8) is 0 Å². The number of carbonyl (C=O) groups excluding carboxylic acids is 1. The summed E-state index contributed by atoms with van der Waals surface area (Å²) in [5.41, 5.74) is 3.91. The van der Waals surface area contributed by atoms with E-state index in [9.17, 15) is 4.79 Å². The Balaban J connectivity index is 2.23. The molecule has 0 saturated heterocycles. The summed E-state index contributed by atoms with van der Waals surface area (Å²) in [7, 11) is 0. The summed E-state index contributed by atoms with van der Waals surface area (Å²) in [5, 5.41) is 3.00. The van der Waals surface area contributed by atoms with Gasteiger partial charge in [-0.1, -0.05) is 51.1 Å². The fourth-order valence-corrected chi connectivity index (χ4v) is 2.25. The molecule has 0 bridgehead atoms. The molecule has 0 aliphatic heterocycles. The Morgan fingerprint density at radius 3 is 2.48 bits per heavy atom. The Hall–Kier alpha value is -2.09. The van der Waals surface area contributed by atoms with Crippen LogP contribution < -0.4 is 5.32 Å². The highest BCUT2D eigenvalue weighted by atomic mass is 16.1. The summed E-state index contributed by atoms with van der Waals surface area (Å²) in [5.74, 6) is -0.0560. The molecule has 0 radical (unpaired) electrons. The van der Waals surface area contributed by atoms with Gasteiger partial charge < -0.3 is 5.32 Å². The van der Waals surface area contributed by atoms with Crippen LogP contribution in [0.3, 0.4) is 0 Å². The van der Waals surface area contributed by atoms with Gasteiger partial charge in [0.25, 0.3) is 5.91 Å². The van der Waals surface area contributed by atoms with E-state index in [4.69, 9.17) is 0 Å². The Bertz CT molecular complexity index is 644. The number of benzene rings is 2. The van der Waals surface area contributed by atoms with Crippen LogP contribution in [0, 0.1) is 6.92 Å². The highest BCUT2D eigenvalue weighted by Crippen LogP contribution is 2.28. The molecule has 2 rings (SSSR count). The minimum absolute atomic E-state index is 0.0560. The molecule has 0 fully saturated rings. The second kappa shape index (κ2) is 6.13. The van der Waals surface area contributed by atoms with Gasteiger partial charge in [-0.25, -0.2) is 0 Å². The van der Waals surface area contributed by atoms with E-state index < -0.39 is 0 Å². The quantitative estimate of drug-likeness (QED) is 0.845. The fourth-order valence-electron chi connectivity index (χ4n) is 2.25. The minimum atomic E-state index is -0.0560. The molecule has 2 nitrogen and oxygen atoms in total. The molecule has 0 aliphatic carbocycles. The minimum Gasteiger partial charge on any atom is -0.322 e. The Kier molecular flexibility index (Phi) is 4.46. The van der Waals surface area contributed by atoms with Gasteiger partial charge in [-0.15, -0.1) is 0 Å². The van der Waals surface area contributed by atoms with E-state index in [0.717, 1.165) is 23.2 Å². The number of anilines is 1. The van der Waals surface area contributed by atoms with Crippen LogP contribution in [0.1, 0.15) is 48.7 Å². The molecule has 0 aliphatic rings. The van der Waals surface area contributed by atoms with Gasteiger partial charge in [-0.2, -0.15) is 0 Å². The van der Waals surface area contributed by atoms with E-state index >= 15 is 0 Å². The second-order valence-electron chi connectivity index (χ2n) is 6.09. The van der Waals surface area contributed by atoms with Crippen LogP contribution in [0.4, 0.5) is 5.69 Å². The molecule has 0 atom stereocenters. The molecule has 0 saturated carbocycles. The third-order valence-corrected chi connectivity index (χ3v) is 4.18. The lowest BCUT2D eigenvalue weighted by molar-refractivity contribution is 0.102. The average Bonchev–Trinajstić information content (AvgIpc) is 2.48. The molecular formula is C19H23NO. The molecule has 2 aromatic rings. The molecule has 1 amide bonds. The predicted octanol–water partition coefficient (Wildman–Crippen LogP) is 4.93.